The Balaban J connectivity index is 0.000000408. The van der Waals surface area contributed by atoms with E-state index in [2.05, 4.69) is 104 Å². The summed E-state index contributed by atoms with van der Waals surface area (Å²) in [6, 6.07) is 17.1. The van der Waals surface area contributed by atoms with Crippen LogP contribution in [-0.4, -0.2) is 0 Å². The zero-order valence-corrected chi connectivity index (χ0v) is 17.3. The van der Waals surface area contributed by atoms with E-state index in [1.165, 1.54) is 27.8 Å². The van der Waals surface area contributed by atoms with Crippen LogP contribution in [0.4, 0.5) is 0 Å². The molecule has 3 rings (SSSR count). The molecule has 0 heterocycles. The standard InChI is InChI=1S/C16H13.2HI.Zr/c1-12-10-14-8-5-9-15(16(14)11-12)13-6-3-2-4-7-13;;;/h2-11H,1H3;2*1H;/q;;;+2/p-2. The van der Waals surface area contributed by atoms with Crippen LogP contribution in [0.1, 0.15) is 18.1 Å². The maximum absolute atomic E-state index is 2.45. The first-order valence-electron chi connectivity index (χ1n) is 5.94. The Morgan fingerprint density at radius 1 is 0.895 bits per heavy atom. The molecule has 0 N–H and O–H groups in total. The van der Waals surface area contributed by atoms with Crippen LogP contribution in [0.3, 0.4) is 0 Å². The minimum absolute atomic E-state index is 0.170. The van der Waals surface area contributed by atoms with E-state index >= 15 is 0 Å². The van der Waals surface area contributed by atoms with Crippen LogP contribution in [0.25, 0.3) is 17.2 Å². The summed E-state index contributed by atoms with van der Waals surface area (Å²) in [6.45, 7) is 2.15. The van der Waals surface area contributed by atoms with Crippen LogP contribution < -0.4 is 0 Å². The van der Waals surface area contributed by atoms with Crippen LogP contribution in [0, 0.1) is 6.42 Å². The molecule has 0 nitrogen and oxygen atoms in total. The monoisotopic (exact) mass is 549 g/mol. The van der Waals surface area contributed by atoms with Gasteiger partial charge in [0.2, 0.25) is 0 Å². The number of hydrogen-bond acceptors (Lipinski definition) is 0. The third kappa shape index (κ3) is 4.24. The van der Waals surface area contributed by atoms with E-state index in [0.29, 0.717) is 0 Å². The molecule has 0 saturated carbocycles. The van der Waals surface area contributed by atoms with E-state index < -0.39 is 0 Å². The predicted octanol–water partition coefficient (Wildman–Crippen LogP) is 6.09. The van der Waals surface area contributed by atoms with Gasteiger partial charge in [0.25, 0.3) is 0 Å². The van der Waals surface area contributed by atoms with Crippen molar-refractivity contribution in [2.75, 3.05) is 0 Å². The third-order valence-corrected chi connectivity index (χ3v) is 2.98. The molecule has 2 aromatic rings. The Morgan fingerprint density at radius 2 is 1.58 bits per heavy atom. The third-order valence-electron chi connectivity index (χ3n) is 2.98. The quantitative estimate of drug-likeness (QED) is 0.377. The van der Waals surface area contributed by atoms with E-state index in [0.717, 1.165) is 0 Å². The number of allylic oxidation sites excluding steroid dienone is 1. The number of fused-ring (bicyclic) bond motifs is 1. The molecule has 0 atom stereocenters. The Hall–Kier alpha value is 0.523. The van der Waals surface area contributed by atoms with Gasteiger partial charge in [-0.15, -0.1) is 0 Å². The van der Waals surface area contributed by atoms with Crippen molar-refractivity contribution < 1.29 is 14.9 Å². The Bertz CT molecular complexity index is 577. The molecular weight excluding hydrogens is 537 g/mol. The Morgan fingerprint density at radius 3 is 2.26 bits per heavy atom. The fourth-order valence-electron chi connectivity index (χ4n) is 2.25. The Labute approximate surface area is 145 Å². The van der Waals surface area contributed by atoms with Crippen molar-refractivity contribution in [2.24, 2.45) is 0 Å². The summed E-state index contributed by atoms with van der Waals surface area (Å²) in [5, 5.41) is 0. The molecule has 19 heavy (non-hydrogen) atoms. The van der Waals surface area contributed by atoms with Crippen molar-refractivity contribution in [2.45, 2.75) is 6.92 Å². The van der Waals surface area contributed by atoms with Crippen molar-refractivity contribution >= 4 is 42.2 Å². The summed E-state index contributed by atoms with van der Waals surface area (Å²) in [5.41, 5.74) is 6.63. The molecular formula is C16H13I2Zr. The van der Waals surface area contributed by atoms with Crippen molar-refractivity contribution in [1.82, 2.24) is 0 Å². The van der Waals surface area contributed by atoms with Crippen molar-refractivity contribution in [3.8, 4) is 11.1 Å². The summed E-state index contributed by atoms with van der Waals surface area (Å²) < 4.78 is 0. The molecule has 1 aliphatic carbocycles. The number of halogens is 2. The van der Waals surface area contributed by atoms with Gasteiger partial charge < -0.3 is 0 Å². The first-order chi connectivity index (χ1) is 9.26. The zero-order chi connectivity index (χ0) is 13.7. The van der Waals surface area contributed by atoms with Gasteiger partial charge >= 0.3 is 50.9 Å². The SMILES string of the molecule is CC1=Cc2c(cccc2-c2ccccc2)[CH]1.[I][Zr][I]. The second-order valence-electron chi connectivity index (χ2n) is 4.28. The molecule has 0 spiro atoms. The van der Waals surface area contributed by atoms with E-state index in [9.17, 15) is 0 Å². The van der Waals surface area contributed by atoms with E-state index in [4.69, 9.17) is 0 Å². The second-order valence-corrected chi connectivity index (χ2v) is 23.2. The van der Waals surface area contributed by atoms with Gasteiger partial charge in [-0.05, 0) is 29.2 Å². The van der Waals surface area contributed by atoms with E-state index in [1.807, 2.05) is 0 Å². The molecule has 0 aliphatic heterocycles. The molecule has 0 aromatic heterocycles. The number of benzene rings is 2. The van der Waals surface area contributed by atoms with E-state index in [1.54, 1.807) is 0 Å². The first kappa shape index (κ1) is 15.9. The Kier molecular flexibility index (Phi) is 6.77. The van der Waals surface area contributed by atoms with Gasteiger partial charge in [0.1, 0.15) is 0 Å². The van der Waals surface area contributed by atoms with Gasteiger partial charge in [-0.3, -0.25) is 0 Å². The van der Waals surface area contributed by atoms with Crippen molar-refractivity contribution in [1.29, 1.82) is 0 Å². The molecule has 1 radical (unpaired) electrons. The average molecular weight is 550 g/mol. The van der Waals surface area contributed by atoms with Crippen LogP contribution in [0.15, 0.2) is 54.1 Å². The van der Waals surface area contributed by atoms with Crippen LogP contribution in [0.5, 0.6) is 0 Å². The fraction of sp³-hybridized carbons (Fsp3) is 0.0625. The minimum atomic E-state index is 0.170. The number of rotatable bonds is 1. The van der Waals surface area contributed by atoms with Gasteiger partial charge in [0.15, 0.2) is 0 Å². The van der Waals surface area contributed by atoms with Gasteiger partial charge in [0.05, 0.1) is 0 Å². The summed E-state index contributed by atoms with van der Waals surface area (Å²) in [7, 11) is 0. The van der Waals surface area contributed by atoms with E-state index in [-0.39, 0.29) is 14.9 Å². The summed E-state index contributed by atoms with van der Waals surface area (Å²) in [6.07, 6.45) is 4.50. The molecule has 0 saturated heterocycles. The van der Waals surface area contributed by atoms with Crippen LogP contribution in [0.2, 0.25) is 0 Å². The first-order valence-corrected chi connectivity index (χ1v) is 20.6. The molecule has 2 aromatic carbocycles. The fourth-order valence-corrected chi connectivity index (χ4v) is 2.25. The molecule has 0 amide bonds. The van der Waals surface area contributed by atoms with Gasteiger partial charge in [-0.1, -0.05) is 60.2 Å². The zero-order valence-electron chi connectivity index (χ0n) is 10.5. The molecule has 1 aliphatic rings. The molecule has 0 bridgehead atoms. The van der Waals surface area contributed by atoms with Gasteiger partial charge in [-0.25, -0.2) is 0 Å². The summed E-state index contributed by atoms with van der Waals surface area (Å²) >= 11 is 5.06. The average Bonchev–Trinajstić information content (AvgIpc) is 2.80. The van der Waals surface area contributed by atoms with Crippen molar-refractivity contribution in [3.63, 3.8) is 0 Å². The maximum atomic E-state index is 2.45. The second kappa shape index (κ2) is 8.09. The van der Waals surface area contributed by atoms with Crippen LogP contribution in [-0.2, 0) is 14.9 Å². The molecule has 3 heteroatoms. The molecule has 95 valence electrons. The van der Waals surface area contributed by atoms with Crippen LogP contribution >= 0.6 is 36.1 Å². The van der Waals surface area contributed by atoms with Gasteiger partial charge in [0, 0.05) is 6.42 Å². The molecule has 0 unspecified atom stereocenters. The van der Waals surface area contributed by atoms with Gasteiger partial charge in [-0.2, -0.15) is 0 Å². The normalized spacial score (nSPS) is 12.1. The molecule has 0 fully saturated rings. The summed E-state index contributed by atoms with van der Waals surface area (Å²) in [4.78, 5) is 0. The topological polar surface area (TPSA) is 0 Å². The van der Waals surface area contributed by atoms with Crippen molar-refractivity contribution in [3.05, 3.63) is 71.7 Å². The number of hydrogen-bond donors (Lipinski definition) is 0. The summed E-state index contributed by atoms with van der Waals surface area (Å²) in [5.74, 6) is 0. The predicted molar refractivity (Wildman–Crippen MR) is 97.0 cm³/mol.